The summed E-state index contributed by atoms with van der Waals surface area (Å²) in [5.41, 5.74) is 2.58. The Morgan fingerprint density at radius 2 is 1.90 bits per heavy atom. The van der Waals surface area contributed by atoms with E-state index in [9.17, 15) is 4.79 Å². The topological polar surface area (TPSA) is 42.2 Å². The molecule has 4 heteroatoms. The lowest BCUT2D eigenvalue weighted by molar-refractivity contribution is 0.0998. The van der Waals surface area contributed by atoms with E-state index >= 15 is 0 Å². The molecule has 0 saturated carbocycles. The van der Waals surface area contributed by atoms with Crippen LogP contribution in [0.4, 0.5) is 5.69 Å². The lowest BCUT2D eigenvalue weighted by Gasteiger charge is -2.02. The first-order valence-corrected chi connectivity index (χ1v) is 6.99. The fourth-order valence-corrected chi connectivity index (χ4v) is 2.43. The predicted octanol–water partition coefficient (Wildman–Crippen LogP) is 4.76. The lowest BCUT2D eigenvalue weighted by atomic mass is 10.2. The quantitative estimate of drug-likeness (QED) is 0.736. The van der Waals surface area contributed by atoms with Gasteiger partial charge in [-0.15, -0.1) is 0 Å². The zero-order valence-corrected chi connectivity index (χ0v) is 12.4. The zero-order chi connectivity index (χ0) is 14.1. The number of furan rings is 1. The summed E-state index contributed by atoms with van der Waals surface area (Å²) in [6.07, 6.45) is 0. The van der Waals surface area contributed by atoms with Crippen molar-refractivity contribution in [3.8, 4) is 0 Å². The van der Waals surface area contributed by atoms with Crippen LogP contribution >= 0.6 is 15.9 Å². The molecule has 100 valence electrons. The molecular formula is C16H12BrNO2. The standard InChI is InChI=1S/C16H12BrNO2/c1-10-5-7-12(8-6-10)18-16(19)14-9-11-3-2-4-13(17)15(11)20-14/h2-9H,1H3,(H,18,19). The van der Waals surface area contributed by atoms with Crippen LogP contribution in [0.1, 0.15) is 16.1 Å². The Bertz CT molecular complexity index is 775. The van der Waals surface area contributed by atoms with E-state index in [0.29, 0.717) is 11.3 Å². The molecule has 1 N–H and O–H groups in total. The van der Waals surface area contributed by atoms with E-state index in [2.05, 4.69) is 21.2 Å². The minimum absolute atomic E-state index is 0.253. The van der Waals surface area contributed by atoms with Gasteiger partial charge in [0.15, 0.2) is 5.76 Å². The third-order valence-corrected chi connectivity index (χ3v) is 3.65. The largest absolute Gasteiger partial charge is 0.450 e. The molecule has 3 nitrogen and oxygen atoms in total. The van der Waals surface area contributed by atoms with E-state index in [0.717, 1.165) is 21.1 Å². The number of hydrogen-bond donors (Lipinski definition) is 1. The number of fused-ring (bicyclic) bond motifs is 1. The number of rotatable bonds is 2. The van der Waals surface area contributed by atoms with Gasteiger partial charge in [0.25, 0.3) is 5.91 Å². The molecule has 3 aromatic rings. The van der Waals surface area contributed by atoms with Gasteiger partial charge in [-0.3, -0.25) is 4.79 Å². The molecule has 0 bridgehead atoms. The van der Waals surface area contributed by atoms with Crippen LogP contribution in [-0.2, 0) is 0 Å². The summed E-state index contributed by atoms with van der Waals surface area (Å²) in [5.74, 6) is 0.0458. The molecule has 0 atom stereocenters. The second-order valence-corrected chi connectivity index (χ2v) is 5.44. The molecule has 0 radical (unpaired) electrons. The molecular weight excluding hydrogens is 318 g/mol. The summed E-state index contributed by atoms with van der Waals surface area (Å²) in [4.78, 5) is 12.2. The summed E-state index contributed by atoms with van der Waals surface area (Å²) in [5, 5.41) is 3.71. The Kier molecular flexibility index (Phi) is 3.32. The maximum atomic E-state index is 12.2. The van der Waals surface area contributed by atoms with E-state index in [-0.39, 0.29) is 5.91 Å². The number of halogens is 1. The molecule has 1 heterocycles. The van der Waals surface area contributed by atoms with Crippen molar-refractivity contribution >= 4 is 38.5 Å². The molecule has 0 spiro atoms. The Labute approximate surface area is 124 Å². The maximum absolute atomic E-state index is 12.2. The number of amides is 1. The van der Waals surface area contributed by atoms with Gasteiger partial charge in [-0.25, -0.2) is 0 Å². The van der Waals surface area contributed by atoms with Gasteiger partial charge < -0.3 is 9.73 Å². The van der Waals surface area contributed by atoms with Crippen molar-refractivity contribution in [1.82, 2.24) is 0 Å². The van der Waals surface area contributed by atoms with Crippen LogP contribution in [0, 0.1) is 6.92 Å². The highest BCUT2D eigenvalue weighted by atomic mass is 79.9. The van der Waals surface area contributed by atoms with Crippen LogP contribution in [-0.4, -0.2) is 5.91 Å². The molecule has 0 aliphatic rings. The molecule has 0 aliphatic heterocycles. The number of aryl methyl sites for hydroxylation is 1. The number of carbonyl (C=O) groups excluding carboxylic acids is 1. The highest BCUT2D eigenvalue weighted by Gasteiger charge is 2.13. The number of carbonyl (C=O) groups is 1. The van der Waals surface area contributed by atoms with E-state index in [1.807, 2.05) is 49.4 Å². The Morgan fingerprint density at radius 1 is 1.15 bits per heavy atom. The number of para-hydroxylation sites is 1. The van der Waals surface area contributed by atoms with Gasteiger partial charge in [-0.1, -0.05) is 29.8 Å². The number of anilines is 1. The number of nitrogens with one attached hydrogen (secondary N) is 1. The molecule has 0 saturated heterocycles. The average molecular weight is 330 g/mol. The van der Waals surface area contributed by atoms with Crippen molar-refractivity contribution in [3.05, 3.63) is 64.3 Å². The van der Waals surface area contributed by atoms with Gasteiger partial charge in [0, 0.05) is 11.1 Å². The lowest BCUT2D eigenvalue weighted by Crippen LogP contribution is -2.10. The Balaban J connectivity index is 1.89. The zero-order valence-electron chi connectivity index (χ0n) is 10.8. The van der Waals surface area contributed by atoms with Crippen LogP contribution in [0.15, 0.2) is 57.4 Å². The van der Waals surface area contributed by atoms with E-state index in [1.54, 1.807) is 6.07 Å². The average Bonchev–Trinajstić information content (AvgIpc) is 2.87. The van der Waals surface area contributed by atoms with Crippen molar-refractivity contribution in [2.75, 3.05) is 5.32 Å². The molecule has 1 amide bonds. The van der Waals surface area contributed by atoms with E-state index in [1.165, 1.54) is 0 Å². The molecule has 3 rings (SSSR count). The first-order valence-electron chi connectivity index (χ1n) is 6.19. The second-order valence-electron chi connectivity index (χ2n) is 4.59. The third kappa shape index (κ3) is 2.47. The number of benzene rings is 2. The van der Waals surface area contributed by atoms with Crippen molar-refractivity contribution < 1.29 is 9.21 Å². The SMILES string of the molecule is Cc1ccc(NC(=O)c2cc3cccc(Br)c3o2)cc1. The van der Waals surface area contributed by atoms with Crippen molar-refractivity contribution in [3.63, 3.8) is 0 Å². The van der Waals surface area contributed by atoms with Crippen LogP contribution < -0.4 is 5.32 Å². The predicted molar refractivity (Wildman–Crippen MR) is 83.0 cm³/mol. The van der Waals surface area contributed by atoms with Gasteiger partial charge in [0.2, 0.25) is 0 Å². The van der Waals surface area contributed by atoms with E-state index < -0.39 is 0 Å². The molecule has 1 aromatic heterocycles. The maximum Gasteiger partial charge on any atom is 0.291 e. The monoisotopic (exact) mass is 329 g/mol. The minimum atomic E-state index is -0.253. The highest BCUT2D eigenvalue weighted by molar-refractivity contribution is 9.10. The van der Waals surface area contributed by atoms with Crippen LogP contribution in [0.5, 0.6) is 0 Å². The number of hydrogen-bond acceptors (Lipinski definition) is 2. The summed E-state index contributed by atoms with van der Waals surface area (Å²) >= 11 is 3.41. The summed E-state index contributed by atoms with van der Waals surface area (Å²) in [7, 11) is 0. The molecule has 0 unspecified atom stereocenters. The van der Waals surface area contributed by atoms with Crippen molar-refractivity contribution in [2.45, 2.75) is 6.92 Å². The molecule has 20 heavy (non-hydrogen) atoms. The summed E-state index contributed by atoms with van der Waals surface area (Å²) < 4.78 is 6.44. The molecule has 2 aromatic carbocycles. The molecule has 0 fully saturated rings. The van der Waals surface area contributed by atoms with Crippen LogP contribution in [0.2, 0.25) is 0 Å². The normalized spacial score (nSPS) is 10.7. The third-order valence-electron chi connectivity index (χ3n) is 3.03. The van der Waals surface area contributed by atoms with Gasteiger partial charge in [0.1, 0.15) is 5.58 Å². The van der Waals surface area contributed by atoms with Crippen molar-refractivity contribution in [2.24, 2.45) is 0 Å². The smallest absolute Gasteiger partial charge is 0.291 e. The Morgan fingerprint density at radius 3 is 2.60 bits per heavy atom. The molecule has 0 aliphatic carbocycles. The van der Waals surface area contributed by atoms with Gasteiger partial charge in [0.05, 0.1) is 4.47 Å². The highest BCUT2D eigenvalue weighted by Crippen LogP contribution is 2.27. The second kappa shape index (κ2) is 5.13. The first-order chi connectivity index (χ1) is 9.63. The van der Waals surface area contributed by atoms with Gasteiger partial charge >= 0.3 is 0 Å². The van der Waals surface area contributed by atoms with Gasteiger partial charge in [-0.2, -0.15) is 0 Å². The van der Waals surface area contributed by atoms with Crippen LogP contribution in [0.3, 0.4) is 0 Å². The fraction of sp³-hybridized carbons (Fsp3) is 0.0625. The first kappa shape index (κ1) is 12.9. The van der Waals surface area contributed by atoms with Crippen LogP contribution in [0.25, 0.3) is 11.0 Å². The fourth-order valence-electron chi connectivity index (χ4n) is 1.97. The van der Waals surface area contributed by atoms with Crippen molar-refractivity contribution in [1.29, 1.82) is 0 Å². The minimum Gasteiger partial charge on any atom is -0.450 e. The summed E-state index contributed by atoms with van der Waals surface area (Å²) in [6, 6.07) is 15.1. The summed E-state index contributed by atoms with van der Waals surface area (Å²) in [6.45, 7) is 2.00. The van der Waals surface area contributed by atoms with Gasteiger partial charge in [-0.05, 0) is 47.1 Å². The Hall–Kier alpha value is -2.07. The van der Waals surface area contributed by atoms with E-state index in [4.69, 9.17) is 4.42 Å².